The third-order valence-corrected chi connectivity index (χ3v) is 4.92. The van der Waals surface area contributed by atoms with Gasteiger partial charge in [-0.25, -0.2) is 0 Å². The van der Waals surface area contributed by atoms with Crippen LogP contribution in [0.3, 0.4) is 0 Å². The Labute approximate surface area is 122 Å². The van der Waals surface area contributed by atoms with E-state index in [-0.39, 0.29) is 0 Å². The molecule has 0 amide bonds. The Hall–Kier alpha value is -1.16. The van der Waals surface area contributed by atoms with Crippen LogP contribution in [0.5, 0.6) is 0 Å². The van der Waals surface area contributed by atoms with E-state index >= 15 is 0 Å². The highest BCUT2D eigenvalue weighted by atomic mass is 15.5. The molecule has 2 heterocycles. The van der Waals surface area contributed by atoms with E-state index in [1.54, 1.807) is 0 Å². The summed E-state index contributed by atoms with van der Waals surface area (Å²) >= 11 is 0. The molecule has 2 fully saturated rings. The molecule has 1 saturated heterocycles. The molecule has 3 rings (SSSR count). The third kappa shape index (κ3) is 3.29. The van der Waals surface area contributed by atoms with Crippen molar-refractivity contribution in [3.63, 3.8) is 0 Å². The fourth-order valence-corrected chi connectivity index (χ4v) is 3.63. The molecule has 0 radical (unpaired) electrons. The highest BCUT2D eigenvalue weighted by Crippen LogP contribution is 2.25. The van der Waals surface area contributed by atoms with Crippen LogP contribution in [0.2, 0.25) is 0 Å². The lowest BCUT2D eigenvalue weighted by Crippen LogP contribution is -2.38. The molecule has 1 aliphatic carbocycles. The molecule has 4 nitrogen and oxygen atoms in total. The number of rotatable bonds is 4. The monoisotopic (exact) mass is 276 g/mol. The van der Waals surface area contributed by atoms with Crippen LogP contribution < -0.4 is 10.7 Å². The summed E-state index contributed by atoms with van der Waals surface area (Å²) in [4.78, 5) is 2.49. The average molecular weight is 276 g/mol. The van der Waals surface area contributed by atoms with Gasteiger partial charge in [-0.15, -0.1) is 0 Å². The Balaban J connectivity index is 1.56. The van der Waals surface area contributed by atoms with Crippen LogP contribution in [0.4, 0.5) is 0 Å². The van der Waals surface area contributed by atoms with Crippen molar-refractivity contribution in [1.82, 2.24) is 20.7 Å². The van der Waals surface area contributed by atoms with Gasteiger partial charge in [-0.2, -0.15) is 0 Å². The molecule has 0 spiro atoms. The molecule has 0 bridgehead atoms. The van der Waals surface area contributed by atoms with Crippen LogP contribution in [0.25, 0.3) is 0 Å². The van der Waals surface area contributed by atoms with Gasteiger partial charge in [-0.05, 0) is 38.3 Å². The van der Waals surface area contributed by atoms with Gasteiger partial charge in [-0.3, -0.25) is 5.01 Å². The zero-order valence-electron chi connectivity index (χ0n) is 12.6. The lowest BCUT2D eigenvalue weighted by atomic mass is 9.89. The number of likely N-dealkylation sites (N-methyl/N-ethyl adjacent to an activating group) is 1. The minimum Gasteiger partial charge on any atom is -0.369 e. The van der Waals surface area contributed by atoms with Crippen LogP contribution in [-0.4, -0.2) is 42.6 Å². The van der Waals surface area contributed by atoms with Crippen molar-refractivity contribution in [1.29, 1.82) is 0 Å². The summed E-state index contributed by atoms with van der Waals surface area (Å²) < 4.78 is 0. The molecule has 20 heavy (non-hydrogen) atoms. The van der Waals surface area contributed by atoms with Gasteiger partial charge in [-0.1, -0.05) is 19.3 Å². The van der Waals surface area contributed by atoms with Crippen molar-refractivity contribution in [3.05, 3.63) is 24.2 Å². The maximum atomic E-state index is 3.39. The summed E-state index contributed by atoms with van der Waals surface area (Å²) in [6, 6.07) is 0.644. The van der Waals surface area contributed by atoms with Crippen molar-refractivity contribution in [2.45, 2.75) is 44.6 Å². The SMILES string of the molecule is CN[C@H]1CCN(C2=CN(CC3CCCCC3)NC=C2)C1. The van der Waals surface area contributed by atoms with Crippen molar-refractivity contribution >= 4 is 0 Å². The molecule has 3 aliphatic rings. The molecule has 1 atom stereocenters. The summed E-state index contributed by atoms with van der Waals surface area (Å²) in [7, 11) is 2.07. The average Bonchev–Trinajstić information content (AvgIpc) is 2.98. The van der Waals surface area contributed by atoms with Crippen molar-refractivity contribution in [2.24, 2.45) is 5.92 Å². The second-order valence-corrected chi connectivity index (χ2v) is 6.39. The Morgan fingerprint density at radius 2 is 2.10 bits per heavy atom. The molecule has 0 aromatic carbocycles. The quantitative estimate of drug-likeness (QED) is 0.822. The number of hydrogen-bond donors (Lipinski definition) is 2. The third-order valence-electron chi connectivity index (χ3n) is 4.92. The first-order valence-corrected chi connectivity index (χ1v) is 8.18. The van der Waals surface area contributed by atoms with Crippen LogP contribution in [-0.2, 0) is 0 Å². The number of hydrogen-bond acceptors (Lipinski definition) is 4. The van der Waals surface area contributed by atoms with E-state index in [2.05, 4.69) is 46.2 Å². The molecular weight excluding hydrogens is 248 g/mol. The zero-order valence-corrected chi connectivity index (χ0v) is 12.6. The second kappa shape index (κ2) is 6.53. The van der Waals surface area contributed by atoms with Gasteiger partial charge in [0, 0.05) is 38.1 Å². The Kier molecular flexibility index (Phi) is 4.51. The molecule has 0 aromatic rings. The number of allylic oxidation sites excluding steroid dienone is 1. The molecule has 4 heteroatoms. The Morgan fingerprint density at radius 1 is 1.25 bits per heavy atom. The van der Waals surface area contributed by atoms with Crippen LogP contribution in [0.1, 0.15) is 38.5 Å². The fourth-order valence-electron chi connectivity index (χ4n) is 3.63. The van der Waals surface area contributed by atoms with Gasteiger partial charge in [0.15, 0.2) is 0 Å². The van der Waals surface area contributed by atoms with Crippen LogP contribution in [0.15, 0.2) is 24.2 Å². The lowest BCUT2D eigenvalue weighted by Gasteiger charge is -2.32. The van der Waals surface area contributed by atoms with E-state index in [0.717, 1.165) is 19.0 Å². The van der Waals surface area contributed by atoms with Gasteiger partial charge in [0.05, 0.1) is 5.70 Å². The number of likely N-dealkylation sites (tertiary alicyclic amines) is 1. The van der Waals surface area contributed by atoms with Gasteiger partial charge >= 0.3 is 0 Å². The summed E-state index contributed by atoms with van der Waals surface area (Å²) in [6.45, 7) is 3.44. The second-order valence-electron chi connectivity index (χ2n) is 6.39. The first-order chi connectivity index (χ1) is 9.85. The van der Waals surface area contributed by atoms with E-state index in [4.69, 9.17) is 0 Å². The number of hydrazine groups is 1. The predicted molar refractivity (Wildman–Crippen MR) is 82.7 cm³/mol. The normalized spacial score (nSPS) is 27.6. The van der Waals surface area contributed by atoms with Crippen LogP contribution in [0, 0.1) is 5.92 Å². The molecule has 0 aromatic heterocycles. The highest BCUT2D eigenvalue weighted by Gasteiger charge is 2.23. The molecule has 2 aliphatic heterocycles. The van der Waals surface area contributed by atoms with Gasteiger partial charge in [0.1, 0.15) is 0 Å². The lowest BCUT2D eigenvalue weighted by molar-refractivity contribution is 0.214. The standard InChI is InChI=1S/C16H28N4/c1-17-15-8-10-19(12-15)16-7-9-18-20(13-16)11-14-5-3-2-4-6-14/h7,9,13-15,17-18H,2-6,8,10-12H2,1H3/t15-/m0/s1. The molecule has 112 valence electrons. The summed E-state index contributed by atoms with van der Waals surface area (Å²) in [6.07, 6.45) is 14.9. The van der Waals surface area contributed by atoms with E-state index < -0.39 is 0 Å². The smallest absolute Gasteiger partial charge is 0.0563 e. The number of nitrogens with one attached hydrogen (secondary N) is 2. The molecule has 2 N–H and O–H groups in total. The Morgan fingerprint density at radius 3 is 2.85 bits per heavy atom. The predicted octanol–water partition coefficient (Wildman–Crippen LogP) is 2.04. The van der Waals surface area contributed by atoms with Gasteiger partial charge in [0.2, 0.25) is 0 Å². The molecular formula is C16H28N4. The summed E-state index contributed by atoms with van der Waals surface area (Å²) in [5, 5.41) is 5.68. The molecule has 0 unspecified atom stereocenters. The van der Waals surface area contributed by atoms with E-state index in [0.29, 0.717) is 6.04 Å². The maximum Gasteiger partial charge on any atom is 0.0563 e. The van der Waals surface area contributed by atoms with Crippen molar-refractivity contribution in [3.8, 4) is 0 Å². The Bertz CT molecular complexity index is 371. The van der Waals surface area contributed by atoms with Gasteiger partial charge in [0.25, 0.3) is 0 Å². The summed E-state index contributed by atoms with van der Waals surface area (Å²) in [5.74, 6) is 0.865. The van der Waals surface area contributed by atoms with Gasteiger partial charge < -0.3 is 15.6 Å². The van der Waals surface area contributed by atoms with Crippen LogP contribution >= 0.6 is 0 Å². The topological polar surface area (TPSA) is 30.5 Å². The first-order valence-electron chi connectivity index (χ1n) is 8.18. The van der Waals surface area contributed by atoms with E-state index in [9.17, 15) is 0 Å². The van der Waals surface area contributed by atoms with E-state index in [1.165, 1.54) is 50.8 Å². The maximum absolute atomic E-state index is 3.39. The molecule has 1 saturated carbocycles. The fraction of sp³-hybridized carbons (Fsp3) is 0.750. The highest BCUT2D eigenvalue weighted by molar-refractivity contribution is 5.20. The van der Waals surface area contributed by atoms with Crippen molar-refractivity contribution < 1.29 is 0 Å². The minimum atomic E-state index is 0.644. The largest absolute Gasteiger partial charge is 0.369 e. The summed E-state index contributed by atoms with van der Waals surface area (Å²) in [5.41, 5.74) is 4.74. The number of nitrogens with zero attached hydrogens (tertiary/aromatic N) is 2. The first kappa shape index (κ1) is 13.8. The van der Waals surface area contributed by atoms with E-state index in [1.807, 2.05) is 0 Å². The van der Waals surface area contributed by atoms with Crippen molar-refractivity contribution in [2.75, 3.05) is 26.7 Å². The zero-order chi connectivity index (χ0) is 13.8. The minimum absolute atomic E-state index is 0.644.